The normalized spacial score (nSPS) is 11.0. The Labute approximate surface area is 137 Å². The van der Waals surface area contributed by atoms with E-state index in [9.17, 15) is 0 Å². The lowest BCUT2D eigenvalue weighted by atomic mass is 10.0. The first-order chi connectivity index (χ1) is 9.95. The Hall–Kier alpha value is -1.18. The van der Waals surface area contributed by atoms with Gasteiger partial charge < -0.3 is 5.32 Å². The molecule has 2 aromatic rings. The van der Waals surface area contributed by atoms with Gasteiger partial charge in [-0.1, -0.05) is 61.3 Å². The van der Waals surface area contributed by atoms with Crippen LogP contribution in [-0.4, -0.2) is 0 Å². The van der Waals surface area contributed by atoms with Crippen LogP contribution in [0.1, 0.15) is 30.5 Å². The lowest BCUT2D eigenvalue weighted by Gasteiger charge is -2.11. The van der Waals surface area contributed by atoms with Gasteiger partial charge in [0.25, 0.3) is 0 Å². The average Bonchev–Trinajstić information content (AvgIpc) is 2.42. The molecule has 21 heavy (non-hydrogen) atoms. The van der Waals surface area contributed by atoms with Crippen molar-refractivity contribution >= 4 is 28.9 Å². The molecule has 0 unspecified atom stereocenters. The number of nitrogens with one attached hydrogen (secondary N) is 1. The van der Waals surface area contributed by atoms with Gasteiger partial charge in [0.2, 0.25) is 0 Å². The predicted molar refractivity (Wildman–Crippen MR) is 93.5 cm³/mol. The smallest absolute Gasteiger partial charge is 0.0641 e. The Morgan fingerprint density at radius 1 is 0.952 bits per heavy atom. The summed E-state index contributed by atoms with van der Waals surface area (Å²) in [7, 11) is 0. The molecule has 2 rings (SSSR count). The second-order valence-corrected chi connectivity index (χ2v) is 6.66. The first-order valence-corrected chi connectivity index (χ1v) is 7.98. The zero-order valence-corrected chi connectivity index (χ0v) is 14.2. The Morgan fingerprint density at radius 3 is 2.19 bits per heavy atom. The maximum absolute atomic E-state index is 6.23. The van der Waals surface area contributed by atoms with Gasteiger partial charge in [-0.25, -0.2) is 0 Å². The van der Waals surface area contributed by atoms with Crippen LogP contribution in [0.4, 0.5) is 5.69 Å². The largest absolute Gasteiger partial charge is 0.380 e. The van der Waals surface area contributed by atoms with Gasteiger partial charge in [-0.3, -0.25) is 0 Å². The fourth-order valence-electron chi connectivity index (χ4n) is 2.24. The van der Waals surface area contributed by atoms with Gasteiger partial charge in [-0.15, -0.1) is 0 Å². The Balaban J connectivity index is 2.01. The first-order valence-electron chi connectivity index (χ1n) is 7.23. The lowest BCUT2D eigenvalue weighted by Crippen LogP contribution is -2.01. The van der Waals surface area contributed by atoms with Gasteiger partial charge in [-0.2, -0.15) is 0 Å². The maximum atomic E-state index is 6.23. The summed E-state index contributed by atoms with van der Waals surface area (Å²) in [6.07, 6.45) is 1.12. The third-order valence-electron chi connectivity index (χ3n) is 3.40. The molecule has 0 fully saturated rings. The number of anilines is 1. The van der Waals surface area contributed by atoms with Gasteiger partial charge in [0.1, 0.15) is 0 Å². The molecule has 0 aliphatic heterocycles. The predicted octanol–water partition coefficient (Wildman–Crippen LogP) is 6.11. The molecule has 2 aromatic carbocycles. The van der Waals surface area contributed by atoms with E-state index in [0.717, 1.165) is 29.2 Å². The maximum Gasteiger partial charge on any atom is 0.0641 e. The minimum Gasteiger partial charge on any atom is -0.380 e. The van der Waals surface area contributed by atoms with E-state index in [1.807, 2.05) is 19.1 Å². The summed E-state index contributed by atoms with van der Waals surface area (Å²) in [6, 6.07) is 12.5. The Bertz CT molecular complexity index is 603. The molecule has 0 spiro atoms. The fraction of sp³-hybridized carbons (Fsp3) is 0.333. The molecule has 0 atom stereocenters. The second-order valence-electron chi connectivity index (χ2n) is 5.85. The Kier molecular flexibility index (Phi) is 5.55. The number of rotatable bonds is 5. The molecule has 1 nitrogen and oxygen atoms in total. The fourth-order valence-corrected chi connectivity index (χ4v) is 2.69. The van der Waals surface area contributed by atoms with Crippen LogP contribution in [0.15, 0.2) is 36.4 Å². The summed E-state index contributed by atoms with van der Waals surface area (Å²) in [5.41, 5.74) is 4.48. The molecule has 1 N–H and O–H groups in total. The average molecular weight is 322 g/mol. The van der Waals surface area contributed by atoms with Crippen molar-refractivity contribution in [2.75, 3.05) is 5.32 Å². The number of benzene rings is 2. The summed E-state index contributed by atoms with van der Waals surface area (Å²) in [5.74, 6) is 0.683. The van der Waals surface area contributed by atoms with Gasteiger partial charge in [0.15, 0.2) is 0 Å². The van der Waals surface area contributed by atoms with E-state index in [2.05, 4.69) is 43.4 Å². The zero-order chi connectivity index (χ0) is 15.4. The standard InChI is InChI=1S/C18H21Cl2N/c1-12(2)8-14-4-6-15(7-5-14)11-21-18-10-16(19)13(3)9-17(18)20/h4-7,9-10,12,21H,8,11H2,1-3H3. The lowest BCUT2D eigenvalue weighted by molar-refractivity contribution is 0.647. The van der Waals surface area contributed by atoms with Crippen LogP contribution in [0, 0.1) is 12.8 Å². The SMILES string of the molecule is Cc1cc(Cl)c(NCc2ccc(CC(C)C)cc2)cc1Cl. The van der Waals surface area contributed by atoms with E-state index in [1.165, 1.54) is 11.1 Å². The second kappa shape index (κ2) is 7.20. The van der Waals surface area contributed by atoms with Crippen LogP contribution < -0.4 is 5.32 Å². The van der Waals surface area contributed by atoms with Crippen molar-refractivity contribution in [2.24, 2.45) is 5.92 Å². The Morgan fingerprint density at radius 2 is 1.57 bits per heavy atom. The number of halogens is 2. The third kappa shape index (κ3) is 4.66. The highest BCUT2D eigenvalue weighted by atomic mass is 35.5. The van der Waals surface area contributed by atoms with E-state index < -0.39 is 0 Å². The van der Waals surface area contributed by atoms with Crippen molar-refractivity contribution in [1.82, 2.24) is 0 Å². The topological polar surface area (TPSA) is 12.0 Å². The van der Waals surface area contributed by atoms with E-state index in [-0.39, 0.29) is 0 Å². The van der Waals surface area contributed by atoms with Crippen LogP contribution in [0.3, 0.4) is 0 Å². The molecular formula is C18H21Cl2N. The molecule has 112 valence electrons. The molecule has 0 aliphatic carbocycles. The molecule has 0 radical (unpaired) electrons. The summed E-state index contributed by atoms with van der Waals surface area (Å²) in [5, 5.41) is 4.77. The molecule has 3 heteroatoms. The highest BCUT2D eigenvalue weighted by Crippen LogP contribution is 2.29. The van der Waals surface area contributed by atoms with Crippen molar-refractivity contribution in [1.29, 1.82) is 0 Å². The molecule has 0 aliphatic rings. The van der Waals surface area contributed by atoms with Crippen LogP contribution in [0.25, 0.3) is 0 Å². The molecular weight excluding hydrogens is 301 g/mol. The van der Waals surface area contributed by atoms with Crippen molar-refractivity contribution < 1.29 is 0 Å². The van der Waals surface area contributed by atoms with Gasteiger partial charge in [0, 0.05) is 11.6 Å². The van der Waals surface area contributed by atoms with Crippen molar-refractivity contribution in [3.8, 4) is 0 Å². The first kappa shape index (κ1) is 16.2. The van der Waals surface area contributed by atoms with Crippen LogP contribution in [-0.2, 0) is 13.0 Å². The molecule has 0 amide bonds. The van der Waals surface area contributed by atoms with Gasteiger partial charge in [-0.05, 0) is 48.1 Å². The number of hydrogen-bond acceptors (Lipinski definition) is 1. The van der Waals surface area contributed by atoms with Crippen molar-refractivity contribution in [2.45, 2.75) is 33.7 Å². The van der Waals surface area contributed by atoms with Crippen LogP contribution >= 0.6 is 23.2 Å². The van der Waals surface area contributed by atoms with Crippen molar-refractivity contribution in [3.63, 3.8) is 0 Å². The minimum absolute atomic E-state index is 0.683. The molecule has 0 saturated heterocycles. The summed E-state index contributed by atoms with van der Waals surface area (Å²) < 4.78 is 0. The zero-order valence-electron chi connectivity index (χ0n) is 12.7. The molecule has 0 heterocycles. The van der Waals surface area contributed by atoms with Crippen LogP contribution in [0.5, 0.6) is 0 Å². The third-order valence-corrected chi connectivity index (χ3v) is 4.12. The number of hydrogen-bond donors (Lipinski definition) is 1. The molecule has 0 aromatic heterocycles. The quantitative estimate of drug-likeness (QED) is 0.700. The van der Waals surface area contributed by atoms with E-state index in [0.29, 0.717) is 10.9 Å². The molecule has 0 saturated carbocycles. The highest BCUT2D eigenvalue weighted by molar-refractivity contribution is 6.35. The summed E-state index contributed by atoms with van der Waals surface area (Å²) >= 11 is 12.4. The van der Waals surface area contributed by atoms with E-state index >= 15 is 0 Å². The summed E-state index contributed by atoms with van der Waals surface area (Å²) in [6.45, 7) is 7.16. The van der Waals surface area contributed by atoms with Crippen LogP contribution in [0.2, 0.25) is 10.0 Å². The summed E-state index contributed by atoms with van der Waals surface area (Å²) in [4.78, 5) is 0. The molecule has 0 bridgehead atoms. The van der Waals surface area contributed by atoms with E-state index in [4.69, 9.17) is 23.2 Å². The van der Waals surface area contributed by atoms with Gasteiger partial charge >= 0.3 is 0 Å². The van der Waals surface area contributed by atoms with Gasteiger partial charge in [0.05, 0.1) is 10.7 Å². The van der Waals surface area contributed by atoms with Crippen molar-refractivity contribution in [3.05, 3.63) is 63.1 Å². The highest BCUT2D eigenvalue weighted by Gasteiger charge is 2.05. The monoisotopic (exact) mass is 321 g/mol. The minimum atomic E-state index is 0.683. The van der Waals surface area contributed by atoms with E-state index in [1.54, 1.807) is 0 Å². The number of aryl methyl sites for hydroxylation is 1.